The Hall–Kier alpha value is -2.19. The molecule has 0 saturated heterocycles. The van der Waals surface area contributed by atoms with E-state index in [0.717, 1.165) is 5.56 Å². The highest BCUT2D eigenvalue weighted by atomic mass is 32.2. The van der Waals surface area contributed by atoms with E-state index < -0.39 is 15.5 Å². The van der Waals surface area contributed by atoms with Gasteiger partial charge in [-0.05, 0) is 29.8 Å². The number of rotatable bonds is 3. The van der Waals surface area contributed by atoms with Crippen molar-refractivity contribution in [1.82, 2.24) is 0 Å². The van der Waals surface area contributed by atoms with E-state index in [-0.39, 0.29) is 11.4 Å². The van der Waals surface area contributed by atoms with Crippen LogP contribution in [0.25, 0.3) is 0 Å². The maximum atomic E-state index is 13.6. The maximum absolute atomic E-state index is 13.6. The molecule has 0 aliphatic carbocycles. The van der Waals surface area contributed by atoms with Gasteiger partial charge in [0.25, 0.3) is 0 Å². The first-order valence-corrected chi connectivity index (χ1v) is 7.87. The van der Waals surface area contributed by atoms with E-state index in [9.17, 15) is 8.60 Å². The van der Waals surface area contributed by atoms with Crippen molar-refractivity contribution in [3.8, 4) is 6.07 Å². The van der Waals surface area contributed by atoms with Crippen LogP contribution in [0.4, 0.5) is 4.39 Å². The summed E-state index contributed by atoms with van der Waals surface area (Å²) in [6.45, 7) is 0.218. The minimum Gasteiger partial charge on any atom is -0.245 e. The van der Waals surface area contributed by atoms with Crippen LogP contribution in [-0.2, 0) is 16.3 Å². The van der Waals surface area contributed by atoms with Crippen LogP contribution in [0.2, 0.25) is 0 Å². The molecule has 2 aromatic rings. The van der Waals surface area contributed by atoms with E-state index in [1.165, 1.54) is 18.4 Å². The zero-order valence-corrected chi connectivity index (χ0v) is 11.7. The summed E-state index contributed by atoms with van der Waals surface area (Å²) in [5.41, 5.74) is 1.38. The molecule has 5 heteroatoms. The summed E-state index contributed by atoms with van der Waals surface area (Å²) in [6, 6.07) is 14.8. The van der Waals surface area contributed by atoms with E-state index in [2.05, 4.69) is 4.36 Å². The van der Waals surface area contributed by atoms with Gasteiger partial charge in [-0.15, -0.1) is 0 Å². The Morgan fingerprint density at radius 1 is 1.20 bits per heavy atom. The Balaban J connectivity index is 2.28. The lowest BCUT2D eigenvalue weighted by atomic mass is 10.1. The number of nitriles is 1. The van der Waals surface area contributed by atoms with Gasteiger partial charge in [0.1, 0.15) is 5.82 Å². The molecule has 0 amide bonds. The fraction of sp³-hybridized carbons (Fsp3) is 0.133. The lowest BCUT2D eigenvalue weighted by Gasteiger charge is -2.06. The Bertz CT molecular complexity index is 769. The number of halogens is 1. The minimum atomic E-state index is -2.77. The molecule has 2 aromatic carbocycles. The molecule has 0 N–H and O–H groups in total. The first kappa shape index (κ1) is 14.2. The molecule has 0 aromatic heterocycles. The summed E-state index contributed by atoms with van der Waals surface area (Å²) in [7, 11) is -2.77. The predicted molar refractivity (Wildman–Crippen MR) is 76.0 cm³/mol. The first-order valence-electron chi connectivity index (χ1n) is 5.94. The summed E-state index contributed by atoms with van der Waals surface area (Å²) in [6.07, 6.45) is 1.43. The predicted octanol–water partition coefficient (Wildman–Crippen LogP) is 3.35. The molecule has 0 fully saturated rings. The van der Waals surface area contributed by atoms with E-state index >= 15 is 0 Å². The summed E-state index contributed by atoms with van der Waals surface area (Å²) in [4.78, 5) is 0.119. The molecule has 0 saturated carbocycles. The molecule has 3 nitrogen and oxygen atoms in total. The van der Waals surface area contributed by atoms with Crippen LogP contribution in [0.1, 0.15) is 11.1 Å². The normalized spacial score (nSPS) is 13.2. The van der Waals surface area contributed by atoms with Crippen molar-refractivity contribution in [1.29, 1.82) is 5.26 Å². The summed E-state index contributed by atoms with van der Waals surface area (Å²) in [5, 5.41) is 8.71. The second kappa shape index (κ2) is 5.85. The van der Waals surface area contributed by atoms with Gasteiger partial charge in [0.2, 0.25) is 0 Å². The average Bonchev–Trinajstić information content (AvgIpc) is 2.46. The second-order valence-corrected chi connectivity index (χ2v) is 6.63. The second-order valence-electron chi connectivity index (χ2n) is 4.33. The highest BCUT2D eigenvalue weighted by Crippen LogP contribution is 2.17. The highest BCUT2D eigenvalue weighted by molar-refractivity contribution is 7.93. The van der Waals surface area contributed by atoms with Gasteiger partial charge in [-0.3, -0.25) is 0 Å². The van der Waals surface area contributed by atoms with Crippen molar-refractivity contribution in [2.45, 2.75) is 11.4 Å². The fourth-order valence-corrected chi connectivity index (χ4v) is 3.00. The standard InChI is InChI=1S/C15H13FN2OS/c1-20(19,15-5-3-2-4-14(15)16)18-11-13-8-6-12(10-17)7-9-13/h2-9H,11H2,1H3. The number of benzene rings is 2. The Morgan fingerprint density at radius 3 is 2.45 bits per heavy atom. The van der Waals surface area contributed by atoms with Gasteiger partial charge in [0, 0.05) is 6.26 Å². The number of hydrogen-bond acceptors (Lipinski definition) is 3. The Labute approximate surface area is 117 Å². The third kappa shape index (κ3) is 3.22. The largest absolute Gasteiger partial charge is 0.245 e. The highest BCUT2D eigenvalue weighted by Gasteiger charge is 2.10. The lowest BCUT2D eigenvalue weighted by Crippen LogP contribution is -2.01. The molecule has 1 atom stereocenters. The number of hydrogen-bond donors (Lipinski definition) is 0. The molecule has 1 unspecified atom stereocenters. The van der Waals surface area contributed by atoms with E-state index in [0.29, 0.717) is 5.56 Å². The third-order valence-electron chi connectivity index (χ3n) is 2.82. The van der Waals surface area contributed by atoms with Gasteiger partial charge in [-0.2, -0.15) is 5.26 Å². The Morgan fingerprint density at radius 2 is 1.85 bits per heavy atom. The molecule has 20 heavy (non-hydrogen) atoms. The van der Waals surface area contributed by atoms with E-state index in [4.69, 9.17) is 5.26 Å². The Kier molecular flexibility index (Phi) is 4.16. The molecule has 102 valence electrons. The first-order chi connectivity index (χ1) is 9.53. The fourth-order valence-electron chi connectivity index (χ4n) is 1.70. The molecular formula is C15H13FN2OS. The molecule has 0 aliphatic heterocycles. The monoisotopic (exact) mass is 288 g/mol. The third-order valence-corrected chi connectivity index (χ3v) is 4.59. The quantitative estimate of drug-likeness (QED) is 0.869. The van der Waals surface area contributed by atoms with Crippen LogP contribution in [0, 0.1) is 17.1 Å². The van der Waals surface area contributed by atoms with E-state index in [1.807, 2.05) is 6.07 Å². The average molecular weight is 288 g/mol. The van der Waals surface area contributed by atoms with Crippen LogP contribution in [0.3, 0.4) is 0 Å². The summed E-state index contributed by atoms with van der Waals surface area (Å²) in [5.74, 6) is -0.511. The van der Waals surface area contributed by atoms with Gasteiger partial charge in [-0.1, -0.05) is 24.3 Å². The van der Waals surface area contributed by atoms with Gasteiger partial charge in [-0.25, -0.2) is 13.0 Å². The maximum Gasteiger partial charge on any atom is 0.140 e. The lowest BCUT2D eigenvalue weighted by molar-refractivity contribution is 0.594. The summed E-state index contributed by atoms with van der Waals surface area (Å²) < 4.78 is 30.2. The molecule has 0 spiro atoms. The van der Waals surface area contributed by atoms with Gasteiger partial charge < -0.3 is 0 Å². The van der Waals surface area contributed by atoms with Gasteiger partial charge in [0.05, 0.1) is 32.8 Å². The smallest absolute Gasteiger partial charge is 0.140 e. The molecule has 0 radical (unpaired) electrons. The van der Waals surface area contributed by atoms with Crippen molar-refractivity contribution in [3.63, 3.8) is 0 Å². The van der Waals surface area contributed by atoms with Crippen LogP contribution in [0.15, 0.2) is 57.8 Å². The molecular weight excluding hydrogens is 275 g/mol. The van der Waals surface area contributed by atoms with Crippen molar-refractivity contribution >= 4 is 9.73 Å². The number of nitrogens with zero attached hydrogens (tertiary/aromatic N) is 2. The van der Waals surface area contributed by atoms with Crippen molar-refractivity contribution in [2.75, 3.05) is 6.26 Å². The molecule has 0 heterocycles. The molecule has 2 rings (SSSR count). The SMILES string of the molecule is CS(=O)(=NCc1ccc(C#N)cc1)c1ccccc1F. The molecule has 0 bridgehead atoms. The molecule has 0 aliphatic rings. The van der Waals surface area contributed by atoms with Crippen molar-refractivity contribution in [3.05, 3.63) is 65.5 Å². The topological polar surface area (TPSA) is 53.2 Å². The zero-order valence-electron chi connectivity index (χ0n) is 10.9. The van der Waals surface area contributed by atoms with Crippen molar-refractivity contribution in [2.24, 2.45) is 4.36 Å². The summed E-state index contributed by atoms with van der Waals surface area (Å²) >= 11 is 0. The minimum absolute atomic E-state index is 0.119. The van der Waals surface area contributed by atoms with E-state index in [1.54, 1.807) is 36.4 Å². The zero-order chi connectivity index (χ0) is 14.6. The van der Waals surface area contributed by atoms with Gasteiger partial charge in [0.15, 0.2) is 0 Å². The van der Waals surface area contributed by atoms with Gasteiger partial charge >= 0.3 is 0 Å². The van der Waals surface area contributed by atoms with Crippen LogP contribution < -0.4 is 0 Å². The van der Waals surface area contributed by atoms with Crippen LogP contribution in [-0.4, -0.2) is 10.5 Å². The van der Waals surface area contributed by atoms with Crippen LogP contribution in [0.5, 0.6) is 0 Å². The van der Waals surface area contributed by atoms with Crippen LogP contribution >= 0.6 is 0 Å². The van der Waals surface area contributed by atoms with Crippen molar-refractivity contribution < 1.29 is 8.60 Å².